The van der Waals surface area contributed by atoms with Gasteiger partial charge in [0.05, 0.1) is 0 Å². The van der Waals surface area contributed by atoms with Crippen molar-refractivity contribution in [3.8, 4) is 0 Å². The highest BCUT2D eigenvalue weighted by Crippen LogP contribution is 2.20. The molecular weight excluding hydrogens is 258 g/mol. The fraction of sp³-hybridized carbons (Fsp3) is 0.429. The van der Waals surface area contributed by atoms with Crippen molar-refractivity contribution in [2.24, 2.45) is 5.73 Å². The maximum absolute atomic E-state index is 11.5. The molecule has 4 N–H and O–H groups in total. The lowest BCUT2D eigenvalue weighted by molar-refractivity contribution is -0.120. The van der Waals surface area contributed by atoms with E-state index in [1.807, 2.05) is 32.0 Å². The molecule has 0 unspecified atom stereocenters. The topological polar surface area (TPSA) is 67.2 Å². The quantitative estimate of drug-likeness (QED) is 0.667. The molecule has 19 heavy (non-hydrogen) atoms. The van der Waals surface area contributed by atoms with Gasteiger partial charge in [0.2, 0.25) is 5.91 Å². The number of para-hydroxylation sites is 1. The summed E-state index contributed by atoms with van der Waals surface area (Å²) in [4.78, 5) is 11.9. The zero-order valence-electron chi connectivity index (χ0n) is 11.5. The minimum Gasteiger partial charge on any atom is -0.389 e. The molecule has 0 spiro atoms. The standard InChI is InChI=1S/C14H21N3OS/c1-3-8-16-12(18)7-9-17-13-10(2)5-4-6-11(13)14(15)19/h4-6,17H,3,7-9H2,1-2H3,(H2,15,19)(H,16,18). The predicted octanol–water partition coefficient (Wildman–Crippen LogP) is 1.96. The van der Waals surface area contributed by atoms with Crippen LogP contribution in [0.1, 0.15) is 30.9 Å². The fourth-order valence-electron chi connectivity index (χ4n) is 1.76. The SMILES string of the molecule is CCCNC(=O)CCNc1c(C)cccc1C(N)=S. The van der Waals surface area contributed by atoms with Gasteiger partial charge < -0.3 is 16.4 Å². The monoisotopic (exact) mass is 279 g/mol. The van der Waals surface area contributed by atoms with Gasteiger partial charge in [-0.05, 0) is 25.0 Å². The Labute approximate surface area is 119 Å². The van der Waals surface area contributed by atoms with Gasteiger partial charge in [0, 0.05) is 30.8 Å². The third-order valence-electron chi connectivity index (χ3n) is 2.76. The molecule has 0 atom stereocenters. The number of hydrogen-bond donors (Lipinski definition) is 3. The smallest absolute Gasteiger partial charge is 0.221 e. The van der Waals surface area contributed by atoms with Crippen LogP contribution in [0.25, 0.3) is 0 Å². The van der Waals surface area contributed by atoms with E-state index < -0.39 is 0 Å². The molecule has 104 valence electrons. The van der Waals surface area contributed by atoms with Crippen LogP contribution in [0.4, 0.5) is 5.69 Å². The second kappa shape index (κ2) is 7.74. The fourth-order valence-corrected chi connectivity index (χ4v) is 1.93. The summed E-state index contributed by atoms with van der Waals surface area (Å²) >= 11 is 5.03. The van der Waals surface area contributed by atoms with Crippen molar-refractivity contribution in [3.05, 3.63) is 29.3 Å². The summed E-state index contributed by atoms with van der Waals surface area (Å²) in [6.07, 6.45) is 1.38. The molecule has 0 aliphatic rings. The number of carbonyl (C=O) groups is 1. The normalized spacial score (nSPS) is 10.0. The largest absolute Gasteiger partial charge is 0.389 e. The molecule has 0 aliphatic carbocycles. The number of hydrogen-bond acceptors (Lipinski definition) is 3. The second-order valence-electron chi connectivity index (χ2n) is 4.39. The van der Waals surface area contributed by atoms with Gasteiger partial charge >= 0.3 is 0 Å². The van der Waals surface area contributed by atoms with Crippen molar-refractivity contribution in [1.82, 2.24) is 5.32 Å². The van der Waals surface area contributed by atoms with Crippen LogP contribution in [0.2, 0.25) is 0 Å². The highest BCUT2D eigenvalue weighted by atomic mass is 32.1. The molecule has 0 radical (unpaired) electrons. The maximum Gasteiger partial charge on any atom is 0.221 e. The van der Waals surface area contributed by atoms with Crippen molar-refractivity contribution in [1.29, 1.82) is 0 Å². The van der Waals surface area contributed by atoms with Crippen LogP contribution < -0.4 is 16.4 Å². The summed E-state index contributed by atoms with van der Waals surface area (Å²) in [5, 5.41) is 6.08. The van der Waals surface area contributed by atoms with E-state index in [0.29, 0.717) is 18.0 Å². The lowest BCUT2D eigenvalue weighted by Crippen LogP contribution is -2.26. The van der Waals surface area contributed by atoms with Crippen molar-refractivity contribution >= 4 is 28.8 Å². The lowest BCUT2D eigenvalue weighted by Gasteiger charge is -2.14. The number of aryl methyl sites for hydroxylation is 1. The molecule has 1 rings (SSSR count). The number of carbonyl (C=O) groups excluding carboxylic acids is 1. The molecule has 1 amide bonds. The molecule has 5 heteroatoms. The van der Waals surface area contributed by atoms with Gasteiger partial charge in [0.25, 0.3) is 0 Å². The highest BCUT2D eigenvalue weighted by molar-refractivity contribution is 7.80. The van der Waals surface area contributed by atoms with Crippen LogP contribution in [0.5, 0.6) is 0 Å². The summed E-state index contributed by atoms with van der Waals surface area (Å²) in [7, 11) is 0. The van der Waals surface area contributed by atoms with Crippen LogP contribution >= 0.6 is 12.2 Å². The summed E-state index contributed by atoms with van der Waals surface area (Å²) < 4.78 is 0. The van der Waals surface area contributed by atoms with Crippen molar-refractivity contribution in [2.45, 2.75) is 26.7 Å². The molecule has 0 saturated heterocycles. The van der Waals surface area contributed by atoms with Gasteiger partial charge in [-0.3, -0.25) is 4.79 Å². The Kier molecular flexibility index (Phi) is 6.29. The average molecular weight is 279 g/mol. The maximum atomic E-state index is 11.5. The Balaban J connectivity index is 2.58. The summed E-state index contributed by atoms with van der Waals surface area (Å²) in [5.41, 5.74) is 8.50. The number of nitrogens with two attached hydrogens (primary N) is 1. The number of thiocarbonyl (C=S) groups is 1. The Morgan fingerprint density at radius 2 is 2.11 bits per heavy atom. The molecule has 1 aromatic carbocycles. The van der Waals surface area contributed by atoms with E-state index in [1.165, 1.54) is 0 Å². The van der Waals surface area contributed by atoms with Crippen LogP contribution in [-0.4, -0.2) is 24.0 Å². The first-order chi connectivity index (χ1) is 9.06. The molecule has 1 aromatic rings. The Bertz CT molecular complexity index is 460. The zero-order chi connectivity index (χ0) is 14.3. The summed E-state index contributed by atoms with van der Waals surface area (Å²) in [6, 6.07) is 5.79. The average Bonchev–Trinajstić information content (AvgIpc) is 2.37. The van der Waals surface area contributed by atoms with E-state index in [9.17, 15) is 4.79 Å². The number of nitrogens with one attached hydrogen (secondary N) is 2. The van der Waals surface area contributed by atoms with Crippen molar-refractivity contribution in [3.63, 3.8) is 0 Å². The van der Waals surface area contributed by atoms with E-state index in [-0.39, 0.29) is 5.91 Å². The molecule has 4 nitrogen and oxygen atoms in total. The zero-order valence-corrected chi connectivity index (χ0v) is 12.3. The molecule has 0 aliphatic heterocycles. The number of rotatable bonds is 7. The van der Waals surface area contributed by atoms with Crippen LogP contribution in [0.15, 0.2) is 18.2 Å². The first-order valence-electron chi connectivity index (χ1n) is 6.46. The van der Waals surface area contributed by atoms with Gasteiger partial charge in [-0.1, -0.05) is 31.3 Å². The molecule has 0 bridgehead atoms. The van der Waals surface area contributed by atoms with Gasteiger partial charge in [-0.15, -0.1) is 0 Å². The van der Waals surface area contributed by atoms with Crippen LogP contribution in [0.3, 0.4) is 0 Å². The summed E-state index contributed by atoms with van der Waals surface area (Å²) in [6.45, 7) is 5.30. The van der Waals surface area contributed by atoms with Crippen LogP contribution in [0, 0.1) is 6.92 Å². The van der Waals surface area contributed by atoms with Gasteiger partial charge in [-0.2, -0.15) is 0 Å². The van der Waals surface area contributed by atoms with E-state index in [2.05, 4.69) is 10.6 Å². The highest BCUT2D eigenvalue weighted by Gasteiger charge is 2.08. The van der Waals surface area contributed by atoms with Gasteiger partial charge in [-0.25, -0.2) is 0 Å². The van der Waals surface area contributed by atoms with Gasteiger partial charge in [0.1, 0.15) is 4.99 Å². The first-order valence-corrected chi connectivity index (χ1v) is 6.87. The van der Waals surface area contributed by atoms with Crippen molar-refractivity contribution < 1.29 is 4.79 Å². The molecule has 0 aromatic heterocycles. The van der Waals surface area contributed by atoms with E-state index in [0.717, 1.165) is 29.8 Å². The minimum absolute atomic E-state index is 0.0554. The Morgan fingerprint density at radius 3 is 2.74 bits per heavy atom. The number of benzene rings is 1. The van der Waals surface area contributed by atoms with Crippen LogP contribution in [-0.2, 0) is 4.79 Å². The third-order valence-corrected chi connectivity index (χ3v) is 2.98. The van der Waals surface area contributed by atoms with Gasteiger partial charge in [0.15, 0.2) is 0 Å². The van der Waals surface area contributed by atoms with E-state index in [4.69, 9.17) is 18.0 Å². The van der Waals surface area contributed by atoms with E-state index in [1.54, 1.807) is 0 Å². The Hall–Kier alpha value is -1.62. The van der Waals surface area contributed by atoms with E-state index >= 15 is 0 Å². The number of amides is 1. The molecule has 0 heterocycles. The molecular formula is C14H21N3OS. The Morgan fingerprint density at radius 1 is 1.37 bits per heavy atom. The number of anilines is 1. The minimum atomic E-state index is 0.0554. The lowest BCUT2D eigenvalue weighted by atomic mass is 10.1. The molecule has 0 saturated carbocycles. The van der Waals surface area contributed by atoms with Crippen molar-refractivity contribution in [2.75, 3.05) is 18.4 Å². The predicted molar refractivity (Wildman–Crippen MR) is 83.5 cm³/mol. The third kappa shape index (κ3) is 4.87. The summed E-state index contributed by atoms with van der Waals surface area (Å²) in [5.74, 6) is 0.0554. The first kappa shape index (κ1) is 15.4. The second-order valence-corrected chi connectivity index (χ2v) is 4.83. The molecule has 0 fully saturated rings.